The van der Waals surface area contributed by atoms with Gasteiger partial charge in [-0.25, -0.2) is 4.79 Å². The fraction of sp³-hybridized carbons (Fsp3) is 0. The van der Waals surface area contributed by atoms with E-state index in [0.29, 0.717) is 15.4 Å². The summed E-state index contributed by atoms with van der Waals surface area (Å²) < 4.78 is 0. The minimum absolute atomic E-state index is 0.103. The molecule has 0 unspecified atom stereocenters. The summed E-state index contributed by atoms with van der Waals surface area (Å²) in [5.41, 5.74) is 0.594. The van der Waals surface area contributed by atoms with E-state index in [-0.39, 0.29) is 5.78 Å². The van der Waals surface area contributed by atoms with E-state index in [4.69, 9.17) is 5.11 Å². The van der Waals surface area contributed by atoms with Gasteiger partial charge >= 0.3 is 6.09 Å². The van der Waals surface area contributed by atoms with Crippen molar-refractivity contribution in [2.75, 3.05) is 5.32 Å². The number of thiophene rings is 1. The molecule has 1 aromatic heterocycles. The number of amides is 1. The molecule has 1 amide bonds. The molecule has 0 aliphatic rings. The van der Waals surface area contributed by atoms with Crippen LogP contribution >= 0.6 is 11.3 Å². The van der Waals surface area contributed by atoms with Crippen LogP contribution in [0.4, 0.5) is 9.80 Å². The van der Waals surface area contributed by atoms with Crippen LogP contribution in [0, 0.1) is 0 Å². The van der Waals surface area contributed by atoms with Crippen LogP contribution in [0.15, 0.2) is 42.5 Å². The number of hydrogen-bond acceptors (Lipinski definition) is 3. The fourth-order valence-electron chi connectivity index (χ4n) is 1.36. The van der Waals surface area contributed by atoms with Crippen LogP contribution in [-0.4, -0.2) is 17.0 Å². The minimum atomic E-state index is -1.13. The van der Waals surface area contributed by atoms with Gasteiger partial charge in [0.25, 0.3) is 0 Å². The largest absolute Gasteiger partial charge is 0.465 e. The van der Waals surface area contributed by atoms with Gasteiger partial charge in [-0.05, 0) is 12.1 Å². The van der Waals surface area contributed by atoms with E-state index in [1.807, 2.05) is 6.07 Å². The van der Waals surface area contributed by atoms with Crippen LogP contribution in [0.3, 0.4) is 0 Å². The first kappa shape index (κ1) is 11.3. The van der Waals surface area contributed by atoms with Gasteiger partial charge in [-0.2, -0.15) is 0 Å². The number of carbonyl (C=O) groups excluding carboxylic acids is 1. The highest BCUT2D eigenvalue weighted by Crippen LogP contribution is 2.24. The molecule has 0 radical (unpaired) electrons. The first-order valence-corrected chi connectivity index (χ1v) is 5.68. The van der Waals surface area contributed by atoms with Gasteiger partial charge in [0.05, 0.1) is 9.88 Å². The average molecular weight is 247 g/mol. The second-order valence-corrected chi connectivity index (χ2v) is 4.37. The Morgan fingerprint density at radius 2 is 1.76 bits per heavy atom. The molecule has 1 heterocycles. The first-order valence-electron chi connectivity index (χ1n) is 4.86. The van der Waals surface area contributed by atoms with Crippen molar-refractivity contribution in [3.8, 4) is 0 Å². The Bertz CT molecular complexity index is 548. The van der Waals surface area contributed by atoms with Gasteiger partial charge in [0, 0.05) is 5.56 Å². The van der Waals surface area contributed by atoms with Crippen molar-refractivity contribution in [2.45, 2.75) is 0 Å². The third-order valence-corrected chi connectivity index (χ3v) is 3.10. The summed E-state index contributed by atoms with van der Waals surface area (Å²) in [6.45, 7) is 0. The van der Waals surface area contributed by atoms with Crippen LogP contribution in [-0.2, 0) is 0 Å². The molecule has 17 heavy (non-hydrogen) atoms. The highest BCUT2D eigenvalue weighted by atomic mass is 32.1. The molecule has 0 fully saturated rings. The first-order chi connectivity index (χ1) is 8.16. The predicted octanol–water partition coefficient (Wildman–Crippen LogP) is 3.07. The van der Waals surface area contributed by atoms with Gasteiger partial charge in [-0.15, -0.1) is 11.3 Å². The van der Waals surface area contributed by atoms with Crippen molar-refractivity contribution in [2.24, 2.45) is 0 Å². The molecular weight excluding hydrogens is 238 g/mol. The molecular formula is C12H9NO3S. The lowest BCUT2D eigenvalue weighted by atomic mass is 10.1. The number of anilines is 1. The number of carboxylic acid groups (broad SMARTS) is 1. The molecule has 2 rings (SSSR count). The van der Waals surface area contributed by atoms with E-state index in [1.54, 1.807) is 36.4 Å². The van der Waals surface area contributed by atoms with Gasteiger partial charge in [-0.1, -0.05) is 30.3 Å². The molecule has 2 N–H and O–H groups in total. The molecule has 5 heteroatoms. The maximum absolute atomic E-state index is 12.0. The second kappa shape index (κ2) is 4.80. The van der Waals surface area contributed by atoms with Crippen molar-refractivity contribution in [1.82, 2.24) is 0 Å². The summed E-state index contributed by atoms with van der Waals surface area (Å²) in [6, 6.07) is 12.1. The highest BCUT2D eigenvalue weighted by molar-refractivity contribution is 7.18. The zero-order valence-corrected chi connectivity index (χ0v) is 9.53. The van der Waals surface area contributed by atoms with Crippen LogP contribution in [0.5, 0.6) is 0 Å². The van der Waals surface area contributed by atoms with Crippen molar-refractivity contribution in [3.63, 3.8) is 0 Å². The number of carbonyl (C=O) groups is 2. The molecule has 0 atom stereocenters. The summed E-state index contributed by atoms with van der Waals surface area (Å²) in [5.74, 6) is -0.103. The third kappa shape index (κ3) is 2.70. The lowest BCUT2D eigenvalue weighted by molar-refractivity contribution is 0.104. The maximum Gasteiger partial charge on any atom is 0.409 e. The third-order valence-electron chi connectivity index (χ3n) is 2.10. The Hall–Kier alpha value is -2.14. The van der Waals surface area contributed by atoms with Crippen molar-refractivity contribution in [3.05, 3.63) is 52.9 Å². The van der Waals surface area contributed by atoms with Crippen LogP contribution in [0.1, 0.15) is 15.2 Å². The normalized spacial score (nSPS) is 9.88. The SMILES string of the molecule is O=C(O)Nc1ccc(C(=O)c2ccccc2)s1. The molecule has 86 valence electrons. The van der Waals surface area contributed by atoms with Crippen molar-refractivity contribution >= 4 is 28.2 Å². The lowest BCUT2D eigenvalue weighted by Gasteiger charge is -1.96. The van der Waals surface area contributed by atoms with Gasteiger partial charge < -0.3 is 5.11 Å². The quantitative estimate of drug-likeness (QED) is 0.819. The molecule has 4 nitrogen and oxygen atoms in total. The highest BCUT2D eigenvalue weighted by Gasteiger charge is 2.12. The second-order valence-electron chi connectivity index (χ2n) is 3.29. The Morgan fingerprint density at radius 1 is 1.06 bits per heavy atom. The topological polar surface area (TPSA) is 66.4 Å². The Morgan fingerprint density at radius 3 is 2.41 bits per heavy atom. The number of ketones is 1. The summed E-state index contributed by atoms with van der Waals surface area (Å²) in [5, 5.41) is 11.2. The minimum Gasteiger partial charge on any atom is -0.465 e. The van der Waals surface area contributed by atoms with Gasteiger partial charge in [0.2, 0.25) is 5.78 Å². The van der Waals surface area contributed by atoms with E-state index in [9.17, 15) is 9.59 Å². The van der Waals surface area contributed by atoms with Crippen LogP contribution in [0.25, 0.3) is 0 Å². The van der Waals surface area contributed by atoms with Gasteiger partial charge in [0.15, 0.2) is 0 Å². The summed E-state index contributed by atoms with van der Waals surface area (Å²) in [7, 11) is 0. The van der Waals surface area contributed by atoms with E-state index < -0.39 is 6.09 Å². The molecule has 0 aliphatic heterocycles. The molecule has 0 saturated carbocycles. The molecule has 0 spiro atoms. The Labute approximate surface area is 102 Å². The van der Waals surface area contributed by atoms with Gasteiger partial charge in [-0.3, -0.25) is 10.1 Å². The zero-order chi connectivity index (χ0) is 12.3. The van der Waals surface area contributed by atoms with Crippen molar-refractivity contribution in [1.29, 1.82) is 0 Å². The summed E-state index contributed by atoms with van der Waals surface area (Å²) in [6.07, 6.45) is -1.13. The fourth-order valence-corrected chi connectivity index (χ4v) is 2.22. The van der Waals surface area contributed by atoms with E-state index >= 15 is 0 Å². The van der Waals surface area contributed by atoms with Crippen LogP contribution in [0.2, 0.25) is 0 Å². The van der Waals surface area contributed by atoms with Crippen molar-refractivity contribution < 1.29 is 14.7 Å². The smallest absolute Gasteiger partial charge is 0.409 e. The van der Waals surface area contributed by atoms with E-state index in [2.05, 4.69) is 5.32 Å². The number of rotatable bonds is 3. The Balaban J connectivity index is 2.21. The molecule has 0 saturated heterocycles. The zero-order valence-electron chi connectivity index (χ0n) is 8.71. The maximum atomic E-state index is 12.0. The monoisotopic (exact) mass is 247 g/mol. The predicted molar refractivity (Wildman–Crippen MR) is 65.8 cm³/mol. The standard InChI is InChI=1S/C12H9NO3S/c14-11(8-4-2-1-3-5-8)9-6-7-10(17-9)13-12(15)16/h1-7,13H,(H,15,16). The summed E-state index contributed by atoms with van der Waals surface area (Å²) >= 11 is 1.12. The number of hydrogen-bond donors (Lipinski definition) is 2. The van der Waals surface area contributed by atoms with E-state index in [1.165, 1.54) is 0 Å². The number of benzene rings is 1. The number of nitrogens with one attached hydrogen (secondary N) is 1. The molecule has 0 aliphatic carbocycles. The molecule has 2 aromatic rings. The Kier molecular flexibility index (Phi) is 3.20. The van der Waals surface area contributed by atoms with E-state index in [0.717, 1.165) is 11.3 Å². The van der Waals surface area contributed by atoms with Crippen LogP contribution < -0.4 is 5.32 Å². The van der Waals surface area contributed by atoms with Gasteiger partial charge in [0.1, 0.15) is 0 Å². The average Bonchev–Trinajstić information content (AvgIpc) is 2.77. The molecule has 0 bridgehead atoms. The molecule has 1 aromatic carbocycles. The lowest BCUT2D eigenvalue weighted by Crippen LogP contribution is -2.05. The summed E-state index contributed by atoms with van der Waals surface area (Å²) in [4.78, 5) is 22.9.